The van der Waals surface area contributed by atoms with Crippen molar-refractivity contribution in [2.45, 2.75) is 70.4 Å². The van der Waals surface area contributed by atoms with E-state index < -0.39 is 0 Å². The highest BCUT2D eigenvalue weighted by atomic mass is 32.2. The zero-order valence-electron chi connectivity index (χ0n) is 12.0. The van der Waals surface area contributed by atoms with Gasteiger partial charge in [0, 0.05) is 11.3 Å². The summed E-state index contributed by atoms with van der Waals surface area (Å²) in [4.78, 5) is 5.08. The maximum atomic E-state index is 5.08. The predicted molar refractivity (Wildman–Crippen MR) is 80.2 cm³/mol. The molecular formula is C15H26N2S. The van der Waals surface area contributed by atoms with Gasteiger partial charge in [-0.15, -0.1) is 0 Å². The van der Waals surface area contributed by atoms with E-state index in [2.05, 4.69) is 26.1 Å². The van der Waals surface area contributed by atoms with Crippen LogP contribution in [-0.2, 0) is 0 Å². The monoisotopic (exact) mass is 266 g/mol. The van der Waals surface area contributed by atoms with Crippen LogP contribution in [0.4, 0.5) is 0 Å². The number of nitrogens with one attached hydrogen (secondary N) is 1. The second-order valence-electron chi connectivity index (χ2n) is 7.23. The molecule has 3 aliphatic rings. The third-order valence-corrected chi connectivity index (χ3v) is 6.20. The summed E-state index contributed by atoms with van der Waals surface area (Å²) in [6, 6.07) is 0. The van der Waals surface area contributed by atoms with E-state index in [4.69, 9.17) is 4.99 Å². The Morgan fingerprint density at radius 1 is 1.22 bits per heavy atom. The van der Waals surface area contributed by atoms with Crippen molar-refractivity contribution in [3.05, 3.63) is 0 Å². The molecule has 0 unspecified atom stereocenters. The van der Waals surface area contributed by atoms with Crippen LogP contribution in [0.15, 0.2) is 4.99 Å². The van der Waals surface area contributed by atoms with Crippen LogP contribution in [0.5, 0.6) is 0 Å². The normalized spacial score (nSPS) is 36.8. The standard InChI is InChI=1S/C15H26N2S/c1-11-6-8-15(9-7-11)10-18-13(17-15)16-14(2,3)12-4-5-12/h11-12H,4-10H2,1-3H3,(H,16,17). The van der Waals surface area contributed by atoms with Gasteiger partial charge in [-0.05, 0) is 64.2 Å². The average Bonchev–Trinajstić information content (AvgIpc) is 3.10. The zero-order valence-corrected chi connectivity index (χ0v) is 12.8. The van der Waals surface area contributed by atoms with Crippen molar-refractivity contribution in [2.24, 2.45) is 16.8 Å². The van der Waals surface area contributed by atoms with Gasteiger partial charge in [0.15, 0.2) is 5.17 Å². The summed E-state index contributed by atoms with van der Waals surface area (Å²) >= 11 is 1.96. The molecule has 2 fully saturated rings. The van der Waals surface area contributed by atoms with Gasteiger partial charge in [-0.1, -0.05) is 18.7 Å². The number of aliphatic imine (C=N–C) groups is 1. The molecule has 1 spiro atoms. The van der Waals surface area contributed by atoms with Crippen molar-refractivity contribution in [1.82, 2.24) is 5.32 Å². The number of thioether (sulfide) groups is 1. The molecule has 0 saturated heterocycles. The number of hydrogen-bond acceptors (Lipinski definition) is 3. The van der Waals surface area contributed by atoms with Gasteiger partial charge >= 0.3 is 0 Å². The summed E-state index contributed by atoms with van der Waals surface area (Å²) in [6.07, 6.45) is 8.11. The molecule has 0 aromatic rings. The summed E-state index contributed by atoms with van der Waals surface area (Å²) in [5.74, 6) is 2.99. The quantitative estimate of drug-likeness (QED) is 0.822. The minimum absolute atomic E-state index is 0.249. The lowest BCUT2D eigenvalue weighted by atomic mass is 9.79. The molecule has 1 aliphatic heterocycles. The SMILES string of the molecule is CC1CCC2(CC1)CSC(NC(C)(C)C1CC1)=N2. The molecule has 0 amide bonds. The van der Waals surface area contributed by atoms with Crippen LogP contribution in [0, 0.1) is 11.8 Å². The minimum atomic E-state index is 0.249. The van der Waals surface area contributed by atoms with E-state index in [0.717, 1.165) is 11.8 Å². The lowest BCUT2D eigenvalue weighted by Crippen LogP contribution is -2.43. The second-order valence-corrected chi connectivity index (χ2v) is 8.20. The maximum absolute atomic E-state index is 5.08. The van der Waals surface area contributed by atoms with Crippen LogP contribution in [0.1, 0.15) is 59.3 Å². The van der Waals surface area contributed by atoms with Gasteiger partial charge < -0.3 is 5.32 Å². The highest BCUT2D eigenvalue weighted by molar-refractivity contribution is 8.14. The predicted octanol–water partition coefficient (Wildman–Crippen LogP) is 3.82. The molecule has 18 heavy (non-hydrogen) atoms. The number of hydrogen-bond donors (Lipinski definition) is 1. The van der Waals surface area contributed by atoms with Crippen molar-refractivity contribution in [2.75, 3.05) is 5.75 Å². The van der Waals surface area contributed by atoms with Gasteiger partial charge in [-0.25, -0.2) is 0 Å². The first kappa shape index (κ1) is 12.8. The maximum Gasteiger partial charge on any atom is 0.157 e. The fourth-order valence-corrected chi connectivity index (χ4v) is 4.64. The Kier molecular flexibility index (Phi) is 3.16. The van der Waals surface area contributed by atoms with Gasteiger partial charge in [0.25, 0.3) is 0 Å². The van der Waals surface area contributed by atoms with E-state index in [0.29, 0.717) is 5.54 Å². The smallest absolute Gasteiger partial charge is 0.157 e. The second kappa shape index (κ2) is 4.43. The zero-order chi connectivity index (χ0) is 12.8. The molecule has 3 heteroatoms. The average molecular weight is 266 g/mol. The van der Waals surface area contributed by atoms with Crippen molar-refractivity contribution < 1.29 is 0 Å². The Morgan fingerprint density at radius 2 is 1.89 bits per heavy atom. The van der Waals surface area contributed by atoms with E-state index >= 15 is 0 Å². The van der Waals surface area contributed by atoms with Crippen LogP contribution < -0.4 is 5.32 Å². The van der Waals surface area contributed by atoms with Gasteiger partial charge in [-0.2, -0.15) is 0 Å². The molecule has 0 aromatic heterocycles. The molecule has 2 saturated carbocycles. The molecule has 1 N–H and O–H groups in total. The molecule has 2 nitrogen and oxygen atoms in total. The number of amidine groups is 1. The van der Waals surface area contributed by atoms with Crippen LogP contribution in [0.3, 0.4) is 0 Å². The summed E-state index contributed by atoms with van der Waals surface area (Å²) in [7, 11) is 0. The van der Waals surface area contributed by atoms with E-state index in [1.165, 1.54) is 49.4 Å². The van der Waals surface area contributed by atoms with Crippen LogP contribution in [0.2, 0.25) is 0 Å². The van der Waals surface area contributed by atoms with Crippen molar-refractivity contribution in [3.8, 4) is 0 Å². The summed E-state index contributed by atoms with van der Waals surface area (Å²) in [6.45, 7) is 7.05. The van der Waals surface area contributed by atoms with Gasteiger partial charge in [0.05, 0.1) is 5.54 Å². The van der Waals surface area contributed by atoms with E-state index in [1.807, 2.05) is 11.8 Å². The Morgan fingerprint density at radius 3 is 2.50 bits per heavy atom. The largest absolute Gasteiger partial charge is 0.360 e. The summed E-state index contributed by atoms with van der Waals surface area (Å²) < 4.78 is 0. The molecule has 0 bridgehead atoms. The Labute approximate surface area is 115 Å². The molecule has 3 rings (SSSR count). The third-order valence-electron chi connectivity index (χ3n) is 5.05. The van der Waals surface area contributed by atoms with Crippen molar-refractivity contribution in [3.63, 3.8) is 0 Å². The fourth-order valence-electron chi connectivity index (χ4n) is 3.29. The topological polar surface area (TPSA) is 24.4 Å². The van der Waals surface area contributed by atoms with Gasteiger partial charge in [0.1, 0.15) is 0 Å². The van der Waals surface area contributed by atoms with Crippen molar-refractivity contribution >= 4 is 16.9 Å². The fraction of sp³-hybridized carbons (Fsp3) is 0.933. The number of rotatable bonds is 2. The van der Waals surface area contributed by atoms with Gasteiger partial charge in [0.2, 0.25) is 0 Å². The lowest BCUT2D eigenvalue weighted by molar-refractivity contribution is 0.272. The molecule has 0 aromatic carbocycles. The van der Waals surface area contributed by atoms with E-state index in [1.54, 1.807) is 0 Å². The first-order chi connectivity index (χ1) is 8.49. The molecule has 1 heterocycles. The molecule has 102 valence electrons. The molecule has 0 radical (unpaired) electrons. The highest BCUT2D eigenvalue weighted by Crippen LogP contribution is 2.43. The van der Waals surface area contributed by atoms with Crippen LogP contribution in [0.25, 0.3) is 0 Å². The third kappa shape index (κ3) is 2.56. The van der Waals surface area contributed by atoms with Crippen molar-refractivity contribution in [1.29, 1.82) is 0 Å². The first-order valence-corrected chi connectivity index (χ1v) is 8.49. The van der Waals surface area contributed by atoms with Crippen LogP contribution in [-0.4, -0.2) is 22.0 Å². The highest BCUT2D eigenvalue weighted by Gasteiger charge is 2.42. The van der Waals surface area contributed by atoms with E-state index in [9.17, 15) is 0 Å². The summed E-state index contributed by atoms with van der Waals surface area (Å²) in [5, 5.41) is 4.94. The Hall–Kier alpha value is -0.180. The van der Waals surface area contributed by atoms with Crippen LogP contribution >= 0.6 is 11.8 Å². The number of nitrogens with zero attached hydrogens (tertiary/aromatic N) is 1. The Balaban J connectivity index is 1.64. The summed E-state index contributed by atoms with van der Waals surface area (Å²) in [5.41, 5.74) is 0.540. The van der Waals surface area contributed by atoms with E-state index in [-0.39, 0.29) is 5.54 Å². The molecule has 2 aliphatic carbocycles. The molecular weight excluding hydrogens is 240 g/mol. The lowest BCUT2D eigenvalue weighted by Gasteiger charge is -2.32. The Bertz CT molecular complexity index is 350. The molecule has 0 atom stereocenters. The first-order valence-electron chi connectivity index (χ1n) is 7.50. The minimum Gasteiger partial charge on any atom is -0.360 e. The van der Waals surface area contributed by atoms with Gasteiger partial charge in [-0.3, -0.25) is 4.99 Å².